The van der Waals surface area contributed by atoms with Gasteiger partial charge in [-0.25, -0.2) is 0 Å². The van der Waals surface area contributed by atoms with Gasteiger partial charge >= 0.3 is 9.57 Å². The molecule has 0 spiro atoms. The molecule has 0 heterocycles. The standard InChI is InChI=1S/H3NOSi.H2O/c1-3-2;/h3H,1H2;1H2. The number of nitrogens with two attached hydrogens (primary N) is 1. The lowest BCUT2D eigenvalue weighted by Crippen LogP contribution is -1.86. The van der Waals surface area contributed by atoms with Crippen LogP contribution in [0.3, 0.4) is 0 Å². The molecule has 0 fully saturated rings. The maximum Gasteiger partial charge on any atom is 0.374 e. The Balaban J connectivity index is 0. The van der Waals surface area contributed by atoms with Gasteiger partial charge in [0.25, 0.3) is 0 Å². The first-order chi connectivity index (χ1) is 1.41. The molecule has 0 aliphatic heterocycles. The number of rotatable bonds is 0. The third kappa shape index (κ3) is 21.5. The molecule has 0 saturated heterocycles. The van der Waals surface area contributed by atoms with Crippen LogP contribution in [0.15, 0.2) is 0 Å². The molecule has 0 aromatic carbocycles. The van der Waals surface area contributed by atoms with E-state index in [0.29, 0.717) is 0 Å². The minimum absolute atomic E-state index is 0. The maximum atomic E-state index is 8.79. The Morgan fingerprint density at radius 3 is 1.75 bits per heavy atom. The molecule has 4 N–H and O–H groups in total. The van der Waals surface area contributed by atoms with Gasteiger partial charge in [-0.1, -0.05) is 0 Å². The summed E-state index contributed by atoms with van der Waals surface area (Å²) >= 11 is 0. The Morgan fingerprint density at radius 2 is 1.75 bits per heavy atom. The van der Waals surface area contributed by atoms with E-state index in [-0.39, 0.29) is 5.48 Å². The summed E-state index contributed by atoms with van der Waals surface area (Å²) in [7, 11) is -1.00. The maximum absolute atomic E-state index is 8.79. The van der Waals surface area contributed by atoms with Gasteiger partial charge in [-0.2, -0.15) is 0 Å². The SMILES string of the molecule is N[SiH]=O.O. The largest absolute Gasteiger partial charge is 0.412 e. The van der Waals surface area contributed by atoms with Crippen LogP contribution in [0.25, 0.3) is 0 Å². The van der Waals surface area contributed by atoms with E-state index in [4.69, 9.17) is 4.46 Å². The fourth-order valence-corrected chi connectivity index (χ4v) is 0. The third-order valence-electron chi connectivity index (χ3n) is 0. The predicted octanol–water partition coefficient (Wildman–Crippen LogP) is -2.18. The lowest BCUT2D eigenvalue weighted by molar-refractivity contribution is 0.578. The lowest BCUT2D eigenvalue weighted by atomic mass is 13.9. The molecule has 0 radical (unpaired) electrons. The van der Waals surface area contributed by atoms with Crippen LogP contribution >= 0.6 is 0 Å². The van der Waals surface area contributed by atoms with Crippen molar-refractivity contribution in [3.63, 3.8) is 0 Å². The Kier molecular flexibility index (Phi) is 33.5. The number of hydrogen-bond donors (Lipinski definition) is 1. The molecule has 0 aromatic heterocycles. The first-order valence-electron chi connectivity index (χ1n) is 0.569. The summed E-state index contributed by atoms with van der Waals surface area (Å²) in [5.41, 5.74) is 0. The summed E-state index contributed by atoms with van der Waals surface area (Å²) in [6.45, 7) is 0. The summed E-state index contributed by atoms with van der Waals surface area (Å²) in [4.78, 5) is 0. The molecule has 0 rings (SSSR count). The highest BCUT2D eigenvalue weighted by molar-refractivity contribution is 6.11. The van der Waals surface area contributed by atoms with Crippen molar-refractivity contribution >= 4 is 9.57 Å². The molecule has 4 heavy (non-hydrogen) atoms. The van der Waals surface area contributed by atoms with Gasteiger partial charge in [0, 0.05) is 0 Å². The zero-order valence-corrected chi connectivity index (χ0v) is 3.22. The van der Waals surface area contributed by atoms with E-state index in [1.807, 2.05) is 0 Å². The highest BCUT2D eigenvalue weighted by Crippen LogP contribution is 0.756. The van der Waals surface area contributed by atoms with Crippen molar-refractivity contribution in [1.29, 1.82) is 0 Å². The summed E-state index contributed by atoms with van der Waals surface area (Å²) in [5.74, 6) is 0. The zero-order chi connectivity index (χ0) is 2.71. The topological polar surface area (TPSA) is 74.6 Å². The molecule has 0 unspecified atom stereocenters. The molecule has 4 heteroatoms. The Labute approximate surface area is 26.1 Å². The van der Waals surface area contributed by atoms with E-state index in [0.717, 1.165) is 0 Å². The van der Waals surface area contributed by atoms with Crippen LogP contribution in [0, 0.1) is 0 Å². The Hall–Kier alpha value is -0.223. The summed E-state index contributed by atoms with van der Waals surface area (Å²) in [5, 5.41) is 4.38. The van der Waals surface area contributed by atoms with Gasteiger partial charge in [0.1, 0.15) is 0 Å². The molecule has 0 atom stereocenters. The van der Waals surface area contributed by atoms with Crippen molar-refractivity contribution in [2.45, 2.75) is 0 Å². The third-order valence-corrected chi connectivity index (χ3v) is 0. The zero-order valence-electron chi connectivity index (χ0n) is 2.06. The van der Waals surface area contributed by atoms with Crippen molar-refractivity contribution in [3.8, 4) is 0 Å². The van der Waals surface area contributed by atoms with Gasteiger partial charge in [-0.05, 0) is 0 Å². The first-order valence-corrected chi connectivity index (χ1v) is 1.71. The average molecular weight is 79.1 g/mol. The molecule has 0 aromatic rings. The lowest BCUT2D eigenvalue weighted by Gasteiger charge is -1.29. The van der Waals surface area contributed by atoms with Crippen LogP contribution in [0.5, 0.6) is 0 Å². The van der Waals surface area contributed by atoms with Crippen molar-refractivity contribution in [3.05, 3.63) is 0 Å². The van der Waals surface area contributed by atoms with E-state index in [2.05, 4.69) is 5.40 Å². The molecular formula is H5NO2Si. The van der Waals surface area contributed by atoms with Crippen LogP contribution in [-0.2, 0) is 4.46 Å². The van der Waals surface area contributed by atoms with Gasteiger partial charge in [-0.3, -0.25) is 0 Å². The molecule has 26 valence electrons. The highest BCUT2D eigenvalue weighted by atomic mass is 28.2. The van der Waals surface area contributed by atoms with Crippen LogP contribution in [0.4, 0.5) is 0 Å². The molecule has 0 bridgehead atoms. The molecule has 0 aliphatic carbocycles. The average Bonchev–Trinajstić information content (AvgIpc) is 0.918. The van der Waals surface area contributed by atoms with Gasteiger partial charge < -0.3 is 15.3 Å². The van der Waals surface area contributed by atoms with Crippen molar-refractivity contribution in [1.82, 2.24) is 0 Å². The normalized spacial score (nSPS) is 3.00. The molecule has 0 aliphatic rings. The second-order valence-electron chi connectivity index (χ2n) is 0.136. The van der Waals surface area contributed by atoms with Gasteiger partial charge in [0.05, 0.1) is 0 Å². The number of hydrogen-bond acceptors (Lipinski definition) is 1. The van der Waals surface area contributed by atoms with Gasteiger partial charge in [0.15, 0.2) is 0 Å². The van der Waals surface area contributed by atoms with Crippen LogP contribution in [-0.4, -0.2) is 15.0 Å². The second-order valence-corrected chi connectivity index (χ2v) is 0.408. The van der Waals surface area contributed by atoms with Crippen molar-refractivity contribution < 1.29 is 9.94 Å². The van der Waals surface area contributed by atoms with Gasteiger partial charge in [0.2, 0.25) is 0 Å². The predicted molar refractivity (Wildman–Crippen MR) is 15.6 cm³/mol. The van der Waals surface area contributed by atoms with E-state index < -0.39 is 9.57 Å². The van der Waals surface area contributed by atoms with Gasteiger partial charge in [-0.15, -0.1) is 0 Å². The minimum Gasteiger partial charge on any atom is -0.412 e. The second kappa shape index (κ2) is 14.5. The Bertz CT molecular complexity index is 13.5. The fourth-order valence-electron chi connectivity index (χ4n) is 0. The van der Waals surface area contributed by atoms with E-state index in [9.17, 15) is 0 Å². The minimum atomic E-state index is -1.00. The first kappa shape index (κ1) is 9.22. The van der Waals surface area contributed by atoms with Crippen LogP contribution < -0.4 is 5.40 Å². The summed E-state index contributed by atoms with van der Waals surface area (Å²) < 4.78 is 8.79. The van der Waals surface area contributed by atoms with Crippen LogP contribution in [0.2, 0.25) is 0 Å². The fraction of sp³-hybridized carbons (Fsp3) is 0. The van der Waals surface area contributed by atoms with E-state index in [1.54, 1.807) is 0 Å². The monoisotopic (exact) mass is 79.0 g/mol. The van der Waals surface area contributed by atoms with E-state index >= 15 is 0 Å². The Morgan fingerprint density at radius 1 is 1.75 bits per heavy atom. The summed E-state index contributed by atoms with van der Waals surface area (Å²) in [6.07, 6.45) is 0. The smallest absolute Gasteiger partial charge is 0.374 e. The highest BCUT2D eigenvalue weighted by Gasteiger charge is 1.27. The quantitative estimate of drug-likeness (QED) is 0.335. The molecule has 0 saturated carbocycles. The molecule has 0 amide bonds. The molecule has 3 nitrogen and oxygen atoms in total. The van der Waals surface area contributed by atoms with E-state index in [1.165, 1.54) is 0 Å². The van der Waals surface area contributed by atoms with Crippen LogP contribution in [0.1, 0.15) is 0 Å². The van der Waals surface area contributed by atoms with Crippen molar-refractivity contribution in [2.24, 2.45) is 5.40 Å². The van der Waals surface area contributed by atoms with Crippen molar-refractivity contribution in [2.75, 3.05) is 0 Å². The molecular weight excluding hydrogens is 74.1 g/mol. The summed E-state index contributed by atoms with van der Waals surface area (Å²) in [6, 6.07) is 0.